The van der Waals surface area contributed by atoms with E-state index >= 15 is 0 Å². The highest BCUT2D eigenvalue weighted by atomic mass is 16.3. The number of imide groups is 1. The molecule has 7 heteroatoms. The summed E-state index contributed by atoms with van der Waals surface area (Å²) in [6.07, 6.45) is 5.68. The minimum absolute atomic E-state index is 0.108. The fourth-order valence-electron chi connectivity index (χ4n) is 4.49. The van der Waals surface area contributed by atoms with Crippen molar-refractivity contribution in [3.8, 4) is 0 Å². The van der Waals surface area contributed by atoms with Gasteiger partial charge in [0, 0.05) is 25.9 Å². The SMILES string of the molecule is CC1CC1c1ccc(CN(C)C(=O)CCN2C(=O)NC3(CCCCC3)C2=O)o1. The highest BCUT2D eigenvalue weighted by Crippen LogP contribution is 2.47. The summed E-state index contributed by atoms with van der Waals surface area (Å²) in [5.41, 5.74) is -0.727. The summed E-state index contributed by atoms with van der Waals surface area (Å²) < 4.78 is 5.86. The van der Waals surface area contributed by atoms with Crippen LogP contribution in [0.25, 0.3) is 0 Å². The molecule has 1 aliphatic heterocycles. The standard InChI is InChI=1S/C21H29N3O4/c1-14-12-16(14)17-7-6-15(28-17)13-23(2)18(25)8-11-24-19(26)21(22-20(24)27)9-4-3-5-10-21/h6-7,14,16H,3-5,8-13H2,1-2H3,(H,22,27). The molecule has 2 aliphatic carbocycles. The second-order valence-electron chi connectivity index (χ2n) is 8.65. The monoisotopic (exact) mass is 387 g/mol. The molecule has 7 nitrogen and oxygen atoms in total. The number of nitrogens with zero attached hydrogens (tertiary/aromatic N) is 2. The third-order valence-electron chi connectivity index (χ3n) is 6.48. The largest absolute Gasteiger partial charge is 0.464 e. The van der Waals surface area contributed by atoms with Crippen molar-refractivity contribution in [1.29, 1.82) is 0 Å². The van der Waals surface area contributed by atoms with Gasteiger partial charge < -0.3 is 14.6 Å². The van der Waals surface area contributed by atoms with Crippen molar-refractivity contribution in [2.75, 3.05) is 13.6 Å². The summed E-state index contributed by atoms with van der Waals surface area (Å²) in [5, 5.41) is 2.88. The Morgan fingerprint density at radius 3 is 2.68 bits per heavy atom. The van der Waals surface area contributed by atoms with Gasteiger partial charge in [-0.2, -0.15) is 0 Å². The van der Waals surface area contributed by atoms with E-state index in [0.29, 0.717) is 31.2 Å². The van der Waals surface area contributed by atoms with Gasteiger partial charge in [-0.3, -0.25) is 14.5 Å². The number of rotatable bonds is 6. The molecule has 2 atom stereocenters. The van der Waals surface area contributed by atoms with Gasteiger partial charge in [-0.25, -0.2) is 4.79 Å². The predicted octanol–water partition coefficient (Wildman–Crippen LogP) is 3.01. The summed E-state index contributed by atoms with van der Waals surface area (Å²) in [7, 11) is 1.72. The van der Waals surface area contributed by atoms with E-state index < -0.39 is 5.54 Å². The Hall–Kier alpha value is -2.31. The lowest BCUT2D eigenvalue weighted by atomic mass is 9.82. The molecule has 1 aromatic rings. The van der Waals surface area contributed by atoms with Gasteiger partial charge in [-0.05, 0) is 37.3 Å². The van der Waals surface area contributed by atoms with Crippen LogP contribution in [0.15, 0.2) is 16.5 Å². The van der Waals surface area contributed by atoms with E-state index in [1.54, 1.807) is 11.9 Å². The molecule has 2 heterocycles. The molecule has 28 heavy (non-hydrogen) atoms. The summed E-state index contributed by atoms with van der Waals surface area (Å²) >= 11 is 0. The molecule has 2 saturated carbocycles. The van der Waals surface area contributed by atoms with Crippen LogP contribution in [0.5, 0.6) is 0 Å². The molecule has 152 valence electrons. The van der Waals surface area contributed by atoms with E-state index in [0.717, 1.165) is 37.2 Å². The fraction of sp³-hybridized carbons (Fsp3) is 0.667. The number of hydrogen-bond donors (Lipinski definition) is 1. The quantitative estimate of drug-likeness (QED) is 0.761. The van der Waals surface area contributed by atoms with Gasteiger partial charge in [0.1, 0.15) is 17.1 Å². The Kier molecular flexibility index (Phi) is 4.93. The fourth-order valence-corrected chi connectivity index (χ4v) is 4.49. The van der Waals surface area contributed by atoms with Crippen LogP contribution in [-0.2, 0) is 16.1 Å². The van der Waals surface area contributed by atoms with Crippen LogP contribution in [0.3, 0.4) is 0 Å². The molecule has 4 amide bonds. The number of urea groups is 1. The van der Waals surface area contributed by atoms with Crippen LogP contribution in [0.2, 0.25) is 0 Å². The lowest BCUT2D eigenvalue weighted by molar-refractivity contribution is -0.134. The Bertz CT molecular complexity index is 780. The highest BCUT2D eigenvalue weighted by Gasteiger charge is 2.51. The maximum absolute atomic E-state index is 12.8. The minimum atomic E-state index is -0.727. The molecule has 1 aromatic heterocycles. The van der Waals surface area contributed by atoms with Gasteiger partial charge >= 0.3 is 6.03 Å². The number of carbonyl (C=O) groups is 3. The van der Waals surface area contributed by atoms with Crippen LogP contribution in [0.4, 0.5) is 4.79 Å². The van der Waals surface area contributed by atoms with Crippen LogP contribution >= 0.6 is 0 Å². The Morgan fingerprint density at radius 1 is 1.29 bits per heavy atom. The third-order valence-corrected chi connectivity index (χ3v) is 6.48. The highest BCUT2D eigenvalue weighted by molar-refractivity contribution is 6.07. The van der Waals surface area contributed by atoms with Gasteiger partial charge in [-0.15, -0.1) is 0 Å². The maximum atomic E-state index is 12.8. The van der Waals surface area contributed by atoms with Crippen molar-refractivity contribution in [1.82, 2.24) is 15.1 Å². The van der Waals surface area contributed by atoms with Crippen LogP contribution < -0.4 is 5.32 Å². The minimum Gasteiger partial charge on any atom is -0.464 e. The maximum Gasteiger partial charge on any atom is 0.325 e. The average molecular weight is 387 g/mol. The van der Waals surface area contributed by atoms with E-state index in [-0.39, 0.29) is 30.8 Å². The smallest absolute Gasteiger partial charge is 0.325 e. The third kappa shape index (κ3) is 3.54. The molecule has 0 bridgehead atoms. The average Bonchev–Trinajstić information content (AvgIpc) is 3.14. The molecular formula is C21H29N3O4. The zero-order chi connectivity index (χ0) is 19.9. The molecule has 0 radical (unpaired) electrons. The van der Waals surface area contributed by atoms with Crippen molar-refractivity contribution in [2.24, 2.45) is 5.92 Å². The molecule has 3 aliphatic rings. The number of hydrogen-bond acceptors (Lipinski definition) is 4. The van der Waals surface area contributed by atoms with Gasteiger partial charge in [0.2, 0.25) is 5.91 Å². The van der Waals surface area contributed by atoms with Crippen LogP contribution in [0, 0.1) is 5.92 Å². The zero-order valence-corrected chi connectivity index (χ0v) is 16.7. The summed E-state index contributed by atoms with van der Waals surface area (Å²) in [6, 6.07) is 3.56. The first-order valence-corrected chi connectivity index (χ1v) is 10.4. The molecule has 1 saturated heterocycles. The van der Waals surface area contributed by atoms with E-state index in [9.17, 15) is 14.4 Å². The second kappa shape index (κ2) is 7.26. The van der Waals surface area contributed by atoms with Crippen LogP contribution in [-0.4, -0.2) is 46.8 Å². The zero-order valence-electron chi connectivity index (χ0n) is 16.7. The Morgan fingerprint density at radius 2 is 2.00 bits per heavy atom. The van der Waals surface area contributed by atoms with Gasteiger partial charge in [-0.1, -0.05) is 26.2 Å². The van der Waals surface area contributed by atoms with Gasteiger partial charge in [0.05, 0.1) is 6.54 Å². The van der Waals surface area contributed by atoms with Crippen molar-refractivity contribution in [3.05, 3.63) is 23.7 Å². The lowest BCUT2D eigenvalue weighted by Gasteiger charge is -2.30. The lowest BCUT2D eigenvalue weighted by Crippen LogP contribution is -2.48. The number of amides is 4. The summed E-state index contributed by atoms with van der Waals surface area (Å²) in [4.78, 5) is 40.4. The van der Waals surface area contributed by atoms with Gasteiger partial charge in [0.15, 0.2) is 0 Å². The van der Waals surface area contributed by atoms with Crippen molar-refractivity contribution in [2.45, 2.75) is 69.9 Å². The molecular weight excluding hydrogens is 358 g/mol. The van der Waals surface area contributed by atoms with Crippen molar-refractivity contribution < 1.29 is 18.8 Å². The topological polar surface area (TPSA) is 82.9 Å². The Balaban J connectivity index is 1.29. The molecule has 3 fully saturated rings. The molecule has 2 unspecified atom stereocenters. The van der Waals surface area contributed by atoms with E-state index in [1.807, 2.05) is 12.1 Å². The number of furan rings is 1. The van der Waals surface area contributed by atoms with E-state index in [1.165, 1.54) is 4.90 Å². The molecule has 1 N–H and O–H groups in total. The van der Waals surface area contributed by atoms with Crippen molar-refractivity contribution >= 4 is 17.8 Å². The number of carbonyl (C=O) groups excluding carboxylic acids is 3. The first-order chi connectivity index (χ1) is 13.4. The van der Waals surface area contributed by atoms with E-state index in [2.05, 4.69) is 12.2 Å². The second-order valence-corrected chi connectivity index (χ2v) is 8.65. The van der Waals surface area contributed by atoms with Crippen molar-refractivity contribution in [3.63, 3.8) is 0 Å². The molecule has 0 aromatic carbocycles. The predicted molar refractivity (Wildman–Crippen MR) is 102 cm³/mol. The molecule has 4 rings (SSSR count). The van der Waals surface area contributed by atoms with E-state index in [4.69, 9.17) is 4.42 Å². The summed E-state index contributed by atoms with van der Waals surface area (Å²) in [6.45, 7) is 2.72. The van der Waals surface area contributed by atoms with Crippen LogP contribution in [0.1, 0.15) is 69.3 Å². The molecule has 1 spiro atoms. The normalized spacial score (nSPS) is 25.9. The Labute approximate surface area is 165 Å². The number of nitrogens with one attached hydrogen (secondary N) is 1. The summed E-state index contributed by atoms with van der Waals surface area (Å²) in [5.74, 6) is 2.68. The first kappa shape index (κ1) is 19.0. The van der Waals surface area contributed by atoms with Gasteiger partial charge in [0.25, 0.3) is 5.91 Å². The first-order valence-electron chi connectivity index (χ1n) is 10.4.